The van der Waals surface area contributed by atoms with Crippen LogP contribution in [0.15, 0.2) is 0 Å². The molecule has 0 aromatic rings. The van der Waals surface area contributed by atoms with E-state index < -0.39 is 32.3 Å². The fourth-order valence-electron chi connectivity index (χ4n) is 1.24. The largest absolute Gasteiger partial charge is 0.373 e. The number of urea groups is 1. The Morgan fingerprint density at radius 3 is 1.90 bits per heavy atom. The van der Waals surface area contributed by atoms with Gasteiger partial charge in [0.2, 0.25) is 7.59 Å². The van der Waals surface area contributed by atoms with Crippen molar-refractivity contribution in [1.29, 1.82) is 0 Å². The highest BCUT2D eigenvalue weighted by molar-refractivity contribution is 6.68. The first-order valence-corrected chi connectivity index (χ1v) is 7.85. The molecule has 3 unspecified atom stereocenters. The zero-order valence-corrected chi connectivity index (χ0v) is 15.1. The maximum atomic E-state index is 12.0. The van der Waals surface area contributed by atoms with E-state index >= 15 is 0 Å². The quantitative estimate of drug-likeness (QED) is 0.401. The highest BCUT2D eigenvalue weighted by atomic mass is 35.6. The molecule has 21 heavy (non-hydrogen) atoms. The molecule has 0 fully saturated rings. The third kappa shape index (κ3) is 7.33. The van der Waals surface area contributed by atoms with Gasteiger partial charge in [-0.1, -0.05) is 83.0 Å². The number of nitrogens with zero attached hydrogens (tertiary/aromatic N) is 1. The van der Waals surface area contributed by atoms with Crippen LogP contribution in [0.3, 0.4) is 0 Å². The Balaban J connectivity index is 5.17. The lowest BCUT2D eigenvalue weighted by Crippen LogP contribution is -2.59. The van der Waals surface area contributed by atoms with Crippen LogP contribution in [0.5, 0.6) is 0 Å². The summed E-state index contributed by atoms with van der Waals surface area (Å²) in [5.74, 6) is 0. The van der Waals surface area contributed by atoms with E-state index in [9.17, 15) is 20.1 Å². The summed E-state index contributed by atoms with van der Waals surface area (Å²) in [5.41, 5.74) is 0. The number of halogens is 6. The van der Waals surface area contributed by atoms with Crippen molar-refractivity contribution in [3.63, 3.8) is 0 Å². The molecule has 0 aliphatic rings. The molecule has 4 N–H and O–H groups in total. The van der Waals surface area contributed by atoms with E-state index in [1.54, 1.807) is 6.92 Å². The third-order valence-corrected chi connectivity index (χ3v) is 3.43. The Bertz CT molecular complexity index is 348. The summed E-state index contributed by atoms with van der Waals surface area (Å²) in [6.07, 6.45) is -4.84. The molecule has 0 aromatic heterocycles. The molecule has 0 aromatic carbocycles. The van der Waals surface area contributed by atoms with Crippen molar-refractivity contribution in [2.75, 3.05) is 0 Å². The first-order valence-electron chi connectivity index (χ1n) is 5.58. The first kappa shape index (κ1) is 21.9. The number of hydrogen-bond acceptors (Lipinski definition) is 4. The summed E-state index contributed by atoms with van der Waals surface area (Å²) in [6, 6.07) is -1.19. The van der Waals surface area contributed by atoms with E-state index in [-0.39, 0.29) is 6.42 Å². The summed E-state index contributed by atoms with van der Waals surface area (Å²) < 4.78 is -4.51. The maximum Gasteiger partial charge on any atom is 0.323 e. The lowest BCUT2D eigenvalue weighted by Gasteiger charge is -2.36. The van der Waals surface area contributed by atoms with E-state index in [4.69, 9.17) is 69.6 Å². The van der Waals surface area contributed by atoms with Gasteiger partial charge in [0, 0.05) is 0 Å². The van der Waals surface area contributed by atoms with Gasteiger partial charge in [0.05, 0.1) is 0 Å². The van der Waals surface area contributed by atoms with Crippen LogP contribution in [0.1, 0.15) is 19.8 Å². The smallest absolute Gasteiger partial charge is 0.323 e. The molecule has 0 saturated carbocycles. The maximum absolute atomic E-state index is 12.0. The zero-order chi connectivity index (χ0) is 17.0. The lowest BCUT2D eigenvalue weighted by atomic mass is 10.2. The summed E-state index contributed by atoms with van der Waals surface area (Å²) in [7, 11) is 0. The second kappa shape index (κ2) is 8.66. The first-order chi connectivity index (χ1) is 9.32. The molecule has 2 amide bonds. The van der Waals surface area contributed by atoms with E-state index in [0.29, 0.717) is 11.3 Å². The summed E-state index contributed by atoms with van der Waals surface area (Å²) in [6.45, 7) is 1.72. The normalized spacial score (nSPS) is 17.0. The molecule has 0 aliphatic heterocycles. The minimum Gasteiger partial charge on any atom is -0.373 e. The standard InChI is InChI=1S/C9H14Cl6N2O4/c1-2-3-4(18)17(6(20)9(13,14)15)7(21)16-5(19)8(10,11)12/h4-6,18-20H,2-3H2,1H3,(H,16,21). The zero-order valence-electron chi connectivity index (χ0n) is 10.6. The lowest BCUT2D eigenvalue weighted by molar-refractivity contribution is -0.0733. The van der Waals surface area contributed by atoms with Crippen molar-refractivity contribution >= 4 is 75.6 Å². The van der Waals surface area contributed by atoms with Crippen LogP contribution in [0.4, 0.5) is 4.79 Å². The third-order valence-electron chi connectivity index (χ3n) is 2.23. The predicted molar refractivity (Wildman–Crippen MR) is 83.9 cm³/mol. The molecule has 12 heteroatoms. The SMILES string of the molecule is CCCC(O)N(C(=O)NC(O)C(Cl)(Cl)Cl)C(O)C(Cl)(Cl)Cl. The monoisotopic (exact) mass is 424 g/mol. The van der Waals surface area contributed by atoms with E-state index in [0.717, 1.165) is 0 Å². The molecule has 0 bridgehead atoms. The van der Waals surface area contributed by atoms with E-state index in [1.807, 2.05) is 5.32 Å². The average Bonchev–Trinajstić information content (AvgIpc) is 2.26. The number of nitrogens with one attached hydrogen (secondary N) is 1. The minimum atomic E-state index is -2.29. The molecular weight excluding hydrogens is 413 g/mol. The molecule has 0 heterocycles. The van der Waals surface area contributed by atoms with Crippen LogP contribution >= 0.6 is 69.6 Å². The van der Waals surface area contributed by atoms with Crippen molar-refractivity contribution in [2.45, 2.75) is 46.0 Å². The average molecular weight is 427 g/mol. The Labute approximate surface area is 151 Å². The van der Waals surface area contributed by atoms with Gasteiger partial charge in [-0.2, -0.15) is 0 Å². The summed E-state index contributed by atoms with van der Waals surface area (Å²) in [4.78, 5) is 12.4. The number of amides is 2. The topological polar surface area (TPSA) is 93.0 Å². The van der Waals surface area contributed by atoms with Crippen molar-refractivity contribution in [3.8, 4) is 0 Å². The van der Waals surface area contributed by atoms with Crippen LogP contribution in [-0.4, -0.2) is 52.5 Å². The number of carbonyl (C=O) groups is 1. The molecule has 0 aliphatic carbocycles. The number of carbonyl (C=O) groups excluding carboxylic acids is 1. The fraction of sp³-hybridized carbons (Fsp3) is 0.889. The second-order valence-electron chi connectivity index (χ2n) is 3.99. The molecule has 0 radical (unpaired) electrons. The number of aliphatic hydroxyl groups is 3. The van der Waals surface area contributed by atoms with Crippen molar-refractivity contribution in [2.24, 2.45) is 0 Å². The van der Waals surface area contributed by atoms with Gasteiger partial charge in [-0.05, 0) is 6.42 Å². The molecule has 6 nitrogen and oxygen atoms in total. The Morgan fingerprint density at radius 1 is 1.10 bits per heavy atom. The minimum absolute atomic E-state index is 0.0785. The van der Waals surface area contributed by atoms with Crippen LogP contribution in [0, 0.1) is 0 Å². The molecule has 0 rings (SSSR count). The molecular formula is C9H14Cl6N2O4. The van der Waals surface area contributed by atoms with Crippen molar-refractivity contribution in [3.05, 3.63) is 0 Å². The van der Waals surface area contributed by atoms with Crippen molar-refractivity contribution < 1.29 is 20.1 Å². The summed E-state index contributed by atoms with van der Waals surface area (Å²) >= 11 is 32.7. The van der Waals surface area contributed by atoms with Gasteiger partial charge in [-0.15, -0.1) is 0 Å². The summed E-state index contributed by atoms with van der Waals surface area (Å²) in [5, 5.41) is 31.1. The number of aliphatic hydroxyl groups excluding tert-OH is 3. The van der Waals surface area contributed by atoms with E-state index in [1.165, 1.54) is 0 Å². The highest BCUT2D eigenvalue weighted by Gasteiger charge is 2.43. The van der Waals surface area contributed by atoms with E-state index in [2.05, 4.69) is 0 Å². The number of alkyl halides is 6. The van der Waals surface area contributed by atoms with Crippen LogP contribution in [0.25, 0.3) is 0 Å². The Morgan fingerprint density at radius 2 is 1.57 bits per heavy atom. The Hall–Kier alpha value is 0.890. The van der Waals surface area contributed by atoms with Gasteiger partial charge in [0.15, 0.2) is 12.5 Å². The highest BCUT2D eigenvalue weighted by Crippen LogP contribution is 2.34. The Kier molecular flexibility index (Phi) is 9.03. The van der Waals surface area contributed by atoms with Crippen LogP contribution in [-0.2, 0) is 0 Å². The second-order valence-corrected chi connectivity index (χ2v) is 8.72. The van der Waals surface area contributed by atoms with Crippen molar-refractivity contribution in [1.82, 2.24) is 10.2 Å². The predicted octanol–water partition coefficient (Wildman–Crippen LogP) is 2.49. The molecule has 0 saturated heterocycles. The van der Waals surface area contributed by atoms with Crippen LogP contribution in [0.2, 0.25) is 0 Å². The van der Waals surface area contributed by atoms with Crippen LogP contribution < -0.4 is 5.32 Å². The molecule has 3 atom stereocenters. The van der Waals surface area contributed by atoms with Gasteiger partial charge < -0.3 is 20.6 Å². The molecule has 0 spiro atoms. The van der Waals surface area contributed by atoms with Gasteiger partial charge >= 0.3 is 6.03 Å². The van der Waals surface area contributed by atoms with Gasteiger partial charge in [0.1, 0.15) is 6.23 Å². The fourth-order valence-corrected chi connectivity index (χ4v) is 1.72. The van der Waals surface area contributed by atoms with Gasteiger partial charge in [-0.25, -0.2) is 4.79 Å². The van der Waals surface area contributed by atoms with Gasteiger partial charge in [-0.3, -0.25) is 4.90 Å². The number of hydrogen-bond donors (Lipinski definition) is 4. The molecule has 126 valence electrons. The van der Waals surface area contributed by atoms with Gasteiger partial charge in [0.25, 0.3) is 0 Å². The number of rotatable bonds is 5.